The molecule has 1 rings (SSSR count). The summed E-state index contributed by atoms with van der Waals surface area (Å²) in [6.07, 6.45) is 3.67. The van der Waals surface area contributed by atoms with Gasteiger partial charge in [-0.3, -0.25) is 9.69 Å². The van der Waals surface area contributed by atoms with Gasteiger partial charge < -0.3 is 5.32 Å². The number of carbonyl (C=O) groups excluding carboxylic acids is 1. The summed E-state index contributed by atoms with van der Waals surface area (Å²) < 4.78 is -0.239. The van der Waals surface area contributed by atoms with Crippen LogP contribution < -0.4 is 5.32 Å². The van der Waals surface area contributed by atoms with Crippen LogP contribution in [0.3, 0.4) is 0 Å². The summed E-state index contributed by atoms with van der Waals surface area (Å²) in [5, 5.41) is 12.2. The predicted octanol–water partition coefficient (Wildman–Crippen LogP) is 1.62. The van der Waals surface area contributed by atoms with Crippen molar-refractivity contribution < 1.29 is 4.79 Å². The Morgan fingerprint density at radius 2 is 2.00 bits per heavy atom. The number of nitrogens with zero attached hydrogens (tertiary/aromatic N) is 2. The van der Waals surface area contributed by atoms with Crippen molar-refractivity contribution in [1.82, 2.24) is 10.2 Å². The molecule has 1 amide bonds. The first-order chi connectivity index (χ1) is 8.30. The van der Waals surface area contributed by atoms with Gasteiger partial charge in [0, 0.05) is 18.6 Å². The fourth-order valence-corrected chi connectivity index (χ4v) is 2.78. The van der Waals surface area contributed by atoms with Crippen LogP contribution in [0.15, 0.2) is 0 Å². The molecule has 1 N–H and O–H groups in total. The zero-order chi connectivity index (χ0) is 13.8. The highest BCUT2D eigenvalue weighted by atomic mass is 32.2. The number of carbonyl (C=O) groups is 1. The van der Waals surface area contributed by atoms with E-state index in [1.807, 2.05) is 27.0 Å². The highest BCUT2D eigenvalue weighted by Crippen LogP contribution is 2.33. The van der Waals surface area contributed by atoms with E-state index in [0.29, 0.717) is 6.54 Å². The van der Waals surface area contributed by atoms with E-state index in [4.69, 9.17) is 0 Å². The molecule has 5 heteroatoms. The number of amides is 1. The van der Waals surface area contributed by atoms with Crippen LogP contribution in [0, 0.1) is 11.3 Å². The lowest BCUT2D eigenvalue weighted by Gasteiger charge is -2.36. The lowest BCUT2D eigenvalue weighted by molar-refractivity contribution is -0.123. The van der Waals surface area contributed by atoms with E-state index < -0.39 is 0 Å². The van der Waals surface area contributed by atoms with Crippen molar-refractivity contribution in [2.75, 3.05) is 25.9 Å². The van der Waals surface area contributed by atoms with Gasteiger partial charge in [-0.25, -0.2) is 0 Å². The van der Waals surface area contributed by atoms with Crippen LogP contribution in [0.2, 0.25) is 0 Å². The number of piperidine rings is 1. The van der Waals surface area contributed by atoms with Gasteiger partial charge in [0.05, 0.1) is 12.6 Å². The van der Waals surface area contributed by atoms with Crippen molar-refractivity contribution in [2.45, 2.75) is 43.9 Å². The largest absolute Gasteiger partial charge is 0.350 e. The van der Waals surface area contributed by atoms with E-state index in [1.54, 1.807) is 11.8 Å². The topological polar surface area (TPSA) is 56.1 Å². The Balaban J connectivity index is 2.41. The Morgan fingerprint density at radius 1 is 1.44 bits per heavy atom. The molecule has 0 spiro atoms. The van der Waals surface area contributed by atoms with E-state index in [-0.39, 0.29) is 16.2 Å². The van der Waals surface area contributed by atoms with E-state index in [1.165, 1.54) is 0 Å². The van der Waals surface area contributed by atoms with Gasteiger partial charge >= 0.3 is 0 Å². The summed E-state index contributed by atoms with van der Waals surface area (Å²) >= 11 is 1.64. The molecule has 1 aliphatic rings. The molecule has 1 fully saturated rings. The maximum absolute atomic E-state index is 11.8. The maximum atomic E-state index is 11.8. The molecule has 102 valence electrons. The molecule has 18 heavy (non-hydrogen) atoms. The van der Waals surface area contributed by atoms with Crippen LogP contribution in [-0.4, -0.2) is 47.0 Å². The third-order valence-corrected chi connectivity index (χ3v) is 4.42. The molecular weight excluding hydrogens is 246 g/mol. The molecule has 0 bridgehead atoms. The molecule has 0 unspecified atom stereocenters. The minimum absolute atomic E-state index is 0.0658. The van der Waals surface area contributed by atoms with Crippen molar-refractivity contribution >= 4 is 17.7 Å². The molecular formula is C13H23N3OS. The molecule has 0 aromatic carbocycles. The van der Waals surface area contributed by atoms with Crippen LogP contribution in [0.1, 0.15) is 33.6 Å². The number of rotatable bonds is 3. The summed E-state index contributed by atoms with van der Waals surface area (Å²) in [6.45, 7) is 8.03. The van der Waals surface area contributed by atoms with Gasteiger partial charge in [-0.15, -0.1) is 11.8 Å². The van der Waals surface area contributed by atoms with Crippen molar-refractivity contribution in [1.29, 1.82) is 5.26 Å². The summed E-state index contributed by atoms with van der Waals surface area (Å²) in [6, 6.07) is 2.41. The van der Waals surface area contributed by atoms with Gasteiger partial charge in [-0.05, 0) is 39.9 Å². The molecule has 0 aromatic heterocycles. The van der Waals surface area contributed by atoms with Gasteiger partial charge in [-0.1, -0.05) is 0 Å². The van der Waals surface area contributed by atoms with Crippen LogP contribution in [0.4, 0.5) is 0 Å². The van der Waals surface area contributed by atoms with E-state index in [2.05, 4.69) is 16.3 Å². The summed E-state index contributed by atoms with van der Waals surface area (Å²) in [4.78, 5) is 13.9. The minimum Gasteiger partial charge on any atom is -0.350 e. The summed E-state index contributed by atoms with van der Waals surface area (Å²) in [5.74, 6) is 0.0658. The SMILES string of the molecule is CSC1(C#N)CCN(CC(=O)NC(C)(C)C)CC1. The fraction of sp³-hybridized carbons (Fsp3) is 0.846. The molecule has 0 radical (unpaired) electrons. The predicted molar refractivity (Wildman–Crippen MR) is 75.4 cm³/mol. The monoisotopic (exact) mass is 269 g/mol. The Bertz CT molecular complexity index is 335. The zero-order valence-corrected chi connectivity index (χ0v) is 12.6. The lowest BCUT2D eigenvalue weighted by atomic mass is 9.97. The molecule has 1 saturated heterocycles. The second-order valence-electron chi connectivity index (χ2n) is 5.88. The van der Waals surface area contributed by atoms with Crippen molar-refractivity contribution in [3.05, 3.63) is 0 Å². The van der Waals surface area contributed by atoms with Crippen molar-refractivity contribution in [3.63, 3.8) is 0 Å². The second-order valence-corrected chi connectivity index (χ2v) is 7.07. The third kappa shape index (κ3) is 4.51. The number of likely N-dealkylation sites (tertiary alicyclic amines) is 1. The summed E-state index contributed by atoms with van der Waals surface area (Å²) in [5.41, 5.74) is -0.178. The van der Waals surface area contributed by atoms with Gasteiger partial charge in [0.1, 0.15) is 4.75 Å². The number of thioether (sulfide) groups is 1. The standard InChI is InChI=1S/C13H23N3OS/c1-12(2,3)15-11(17)9-16-7-5-13(10-14,18-4)6-8-16/h5-9H2,1-4H3,(H,15,17). The van der Waals surface area contributed by atoms with Gasteiger partial charge in [0.2, 0.25) is 5.91 Å². The first kappa shape index (κ1) is 15.3. The van der Waals surface area contributed by atoms with E-state index in [0.717, 1.165) is 25.9 Å². The van der Waals surface area contributed by atoms with Gasteiger partial charge in [0.15, 0.2) is 0 Å². The normalized spacial score (nSPS) is 20.2. The molecule has 0 saturated carbocycles. The highest BCUT2D eigenvalue weighted by molar-refractivity contribution is 8.00. The minimum atomic E-state index is -0.239. The molecule has 1 aliphatic heterocycles. The Hall–Kier alpha value is -0.730. The quantitative estimate of drug-likeness (QED) is 0.846. The number of nitriles is 1. The number of hydrogen-bond donors (Lipinski definition) is 1. The molecule has 0 atom stereocenters. The Morgan fingerprint density at radius 3 is 2.39 bits per heavy atom. The molecule has 0 aliphatic carbocycles. The van der Waals surface area contributed by atoms with Crippen molar-refractivity contribution in [2.24, 2.45) is 0 Å². The van der Waals surface area contributed by atoms with Gasteiger partial charge in [-0.2, -0.15) is 5.26 Å². The average molecular weight is 269 g/mol. The van der Waals surface area contributed by atoms with Crippen LogP contribution in [-0.2, 0) is 4.79 Å². The maximum Gasteiger partial charge on any atom is 0.234 e. The summed E-state index contributed by atoms with van der Waals surface area (Å²) in [7, 11) is 0. The first-order valence-corrected chi connectivity index (χ1v) is 7.52. The second kappa shape index (κ2) is 5.94. The van der Waals surface area contributed by atoms with Crippen molar-refractivity contribution in [3.8, 4) is 6.07 Å². The third-order valence-electron chi connectivity index (χ3n) is 3.14. The smallest absolute Gasteiger partial charge is 0.234 e. The average Bonchev–Trinajstić information content (AvgIpc) is 2.28. The molecule has 0 aromatic rings. The van der Waals surface area contributed by atoms with Crippen LogP contribution in [0.25, 0.3) is 0 Å². The zero-order valence-electron chi connectivity index (χ0n) is 11.7. The number of nitrogens with one attached hydrogen (secondary N) is 1. The first-order valence-electron chi connectivity index (χ1n) is 6.30. The number of hydrogen-bond acceptors (Lipinski definition) is 4. The highest BCUT2D eigenvalue weighted by Gasteiger charge is 2.34. The lowest BCUT2D eigenvalue weighted by Crippen LogP contribution is -2.49. The molecule has 4 nitrogen and oxygen atoms in total. The fourth-order valence-electron chi connectivity index (χ4n) is 2.09. The van der Waals surface area contributed by atoms with Crippen LogP contribution >= 0.6 is 11.8 Å². The van der Waals surface area contributed by atoms with Gasteiger partial charge in [0.25, 0.3) is 0 Å². The Kier molecular flexibility index (Phi) is 5.06. The van der Waals surface area contributed by atoms with E-state index >= 15 is 0 Å². The Labute approximate surface area is 114 Å². The molecule has 1 heterocycles. The van der Waals surface area contributed by atoms with E-state index in [9.17, 15) is 10.1 Å². The van der Waals surface area contributed by atoms with Crippen LogP contribution in [0.5, 0.6) is 0 Å².